The summed E-state index contributed by atoms with van der Waals surface area (Å²) in [5.74, 6) is -0.686. The number of aliphatic hydroxyl groups excluding tert-OH is 1. The Bertz CT molecular complexity index is 360. The molecule has 1 fully saturated rings. The van der Waals surface area contributed by atoms with Gasteiger partial charge in [0.2, 0.25) is 0 Å². The van der Waals surface area contributed by atoms with E-state index in [2.05, 4.69) is 40.4 Å². The Morgan fingerprint density at radius 1 is 1.33 bits per heavy atom. The molecule has 0 radical (unpaired) electrons. The number of rotatable bonds is 6. The molecule has 4 nitrogen and oxygen atoms in total. The predicted molar refractivity (Wildman–Crippen MR) is 87.8 cm³/mol. The minimum atomic E-state index is -1.84. The van der Waals surface area contributed by atoms with Gasteiger partial charge in [0.15, 0.2) is 14.1 Å². The Morgan fingerprint density at radius 3 is 2.38 bits per heavy atom. The lowest BCUT2D eigenvalue weighted by Crippen LogP contribution is -2.45. The highest BCUT2D eigenvalue weighted by Crippen LogP contribution is 2.38. The van der Waals surface area contributed by atoms with E-state index < -0.39 is 20.2 Å². The minimum absolute atomic E-state index is 0.150. The van der Waals surface area contributed by atoms with E-state index in [4.69, 9.17) is 13.9 Å². The lowest BCUT2D eigenvalue weighted by atomic mass is 10.1. The average Bonchev–Trinajstić information content (AvgIpc) is 2.61. The number of ether oxygens (including phenoxy) is 2. The van der Waals surface area contributed by atoms with E-state index in [9.17, 15) is 5.11 Å². The molecule has 3 atom stereocenters. The molecule has 1 saturated heterocycles. The van der Waals surface area contributed by atoms with Crippen molar-refractivity contribution in [3.63, 3.8) is 0 Å². The lowest BCUT2D eigenvalue weighted by Gasteiger charge is -2.37. The van der Waals surface area contributed by atoms with Gasteiger partial charge < -0.3 is 19.0 Å². The van der Waals surface area contributed by atoms with Crippen molar-refractivity contribution in [3.8, 4) is 0 Å². The number of hydrogen-bond acceptors (Lipinski definition) is 4. The number of aliphatic hydroxyl groups is 1. The van der Waals surface area contributed by atoms with Gasteiger partial charge in [-0.15, -0.1) is 6.58 Å². The van der Waals surface area contributed by atoms with Crippen LogP contribution in [0.15, 0.2) is 12.7 Å². The lowest BCUT2D eigenvalue weighted by molar-refractivity contribution is -0.156. The van der Waals surface area contributed by atoms with Crippen LogP contribution in [-0.4, -0.2) is 44.1 Å². The van der Waals surface area contributed by atoms with E-state index in [1.807, 2.05) is 13.8 Å². The zero-order valence-corrected chi connectivity index (χ0v) is 15.6. The second-order valence-corrected chi connectivity index (χ2v) is 12.6. The summed E-state index contributed by atoms with van der Waals surface area (Å²) in [6.45, 7) is 18.9. The maximum absolute atomic E-state index is 10.2. The van der Waals surface area contributed by atoms with Crippen molar-refractivity contribution in [1.29, 1.82) is 0 Å². The maximum atomic E-state index is 10.2. The van der Waals surface area contributed by atoms with Gasteiger partial charge in [0, 0.05) is 0 Å². The first kappa shape index (κ1) is 18.8. The Morgan fingerprint density at radius 2 is 1.90 bits per heavy atom. The molecule has 0 spiro atoms. The van der Waals surface area contributed by atoms with Gasteiger partial charge in [-0.1, -0.05) is 26.8 Å². The van der Waals surface area contributed by atoms with Crippen LogP contribution in [0, 0.1) is 0 Å². The van der Waals surface area contributed by atoms with E-state index >= 15 is 0 Å². The third-order valence-corrected chi connectivity index (χ3v) is 8.92. The van der Waals surface area contributed by atoms with E-state index in [0.717, 1.165) is 0 Å². The van der Waals surface area contributed by atoms with Gasteiger partial charge in [0.25, 0.3) is 0 Å². The standard InChI is InChI=1S/C16H32O4Si/c1-9-10-12(17)14-13(19-16(5,6)20-14)11-18-21(7,8)15(2,3)4/h9,12-14,17H,1,10-11H2,2-8H3/t12-,13+,14+/m1/s1. The molecule has 0 amide bonds. The van der Waals surface area contributed by atoms with Crippen molar-refractivity contribution in [2.75, 3.05) is 6.61 Å². The Hall–Kier alpha value is -0.203. The zero-order valence-electron chi connectivity index (χ0n) is 14.6. The summed E-state index contributed by atoms with van der Waals surface area (Å²) in [6.07, 6.45) is 0.954. The molecule has 1 aliphatic rings. The van der Waals surface area contributed by atoms with Crippen LogP contribution in [0.1, 0.15) is 41.0 Å². The van der Waals surface area contributed by atoms with Crippen LogP contribution in [0.3, 0.4) is 0 Å². The molecular formula is C16H32O4Si. The normalized spacial score (nSPS) is 27.6. The van der Waals surface area contributed by atoms with Crippen LogP contribution >= 0.6 is 0 Å². The topological polar surface area (TPSA) is 47.9 Å². The third-order valence-electron chi connectivity index (χ3n) is 4.42. The summed E-state index contributed by atoms with van der Waals surface area (Å²) in [7, 11) is -1.84. The van der Waals surface area contributed by atoms with E-state index in [1.54, 1.807) is 6.08 Å². The highest BCUT2D eigenvalue weighted by Gasteiger charge is 2.46. The molecule has 1 N–H and O–H groups in total. The zero-order chi connectivity index (χ0) is 16.5. The molecule has 0 aromatic carbocycles. The van der Waals surface area contributed by atoms with Gasteiger partial charge in [-0.05, 0) is 38.4 Å². The van der Waals surface area contributed by atoms with E-state index in [-0.39, 0.29) is 17.2 Å². The fourth-order valence-corrected chi connectivity index (χ4v) is 3.14. The fourth-order valence-electron chi connectivity index (χ4n) is 2.13. The van der Waals surface area contributed by atoms with Crippen LogP contribution in [0.25, 0.3) is 0 Å². The predicted octanol–water partition coefficient (Wildman–Crippen LogP) is 3.47. The van der Waals surface area contributed by atoms with Crippen molar-refractivity contribution in [2.24, 2.45) is 0 Å². The molecule has 21 heavy (non-hydrogen) atoms. The van der Waals surface area contributed by atoms with Crippen molar-refractivity contribution < 1.29 is 19.0 Å². The summed E-state index contributed by atoms with van der Waals surface area (Å²) < 4.78 is 18.0. The highest BCUT2D eigenvalue weighted by atomic mass is 28.4. The fraction of sp³-hybridized carbons (Fsp3) is 0.875. The molecular weight excluding hydrogens is 284 g/mol. The van der Waals surface area contributed by atoms with Crippen LogP contribution in [0.2, 0.25) is 18.1 Å². The molecule has 0 saturated carbocycles. The summed E-state index contributed by atoms with van der Waals surface area (Å²) in [5, 5.41) is 10.4. The highest BCUT2D eigenvalue weighted by molar-refractivity contribution is 6.74. The molecule has 1 aliphatic heterocycles. The van der Waals surface area contributed by atoms with Gasteiger partial charge in [-0.3, -0.25) is 0 Å². The summed E-state index contributed by atoms with van der Waals surface area (Å²) in [6, 6.07) is 0. The summed E-state index contributed by atoms with van der Waals surface area (Å²) in [5.41, 5.74) is 0. The van der Waals surface area contributed by atoms with Crippen molar-refractivity contribution in [2.45, 2.75) is 83.3 Å². The van der Waals surface area contributed by atoms with Gasteiger partial charge >= 0.3 is 0 Å². The molecule has 0 aliphatic carbocycles. The van der Waals surface area contributed by atoms with Gasteiger partial charge in [0.1, 0.15) is 12.2 Å². The quantitative estimate of drug-likeness (QED) is 0.602. The molecule has 5 heteroatoms. The minimum Gasteiger partial charge on any atom is -0.414 e. The van der Waals surface area contributed by atoms with E-state index in [1.165, 1.54) is 0 Å². The largest absolute Gasteiger partial charge is 0.414 e. The molecule has 124 valence electrons. The maximum Gasteiger partial charge on any atom is 0.192 e. The van der Waals surface area contributed by atoms with E-state index in [0.29, 0.717) is 13.0 Å². The molecule has 0 aromatic rings. The summed E-state index contributed by atoms with van der Waals surface area (Å²) in [4.78, 5) is 0. The van der Waals surface area contributed by atoms with Crippen molar-refractivity contribution in [1.82, 2.24) is 0 Å². The van der Waals surface area contributed by atoms with Crippen LogP contribution in [-0.2, 0) is 13.9 Å². The smallest absolute Gasteiger partial charge is 0.192 e. The SMILES string of the molecule is C=CC[C@@H](O)[C@@H]1OC(C)(C)O[C@H]1CO[Si](C)(C)C(C)(C)C. The Kier molecular flexibility index (Phi) is 5.84. The Balaban J connectivity index is 2.73. The molecule has 1 rings (SSSR count). The molecule has 0 unspecified atom stereocenters. The molecule has 1 heterocycles. The molecule has 0 aromatic heterocycles. The average molecular weight is 317 g/mol. The first-order valence-corrected chi connectivity index (χ1v) is 10.6. The number of hydrogen-bond donors (Lipinski definition) is 1. The van der Waals surface area contributed by atoms with Crippen molar-refractivity contribution >= 4 is 8.32 Å². The van der Waals surface area contributed by atoms with Crippen molar-refractivity contribution in [3.05, 3.63) is 12.7 Å². The third kappa shape index (κ3) is 4.89. The second kappa shape index (κ2) is 6.50. The van der Waals surface area contributed by atoms with Gasteiger partial charge in [-0.25, -0.2) is 0 Å². The van der Waals surface area contributed by atoms with Crippen LogP contribution in [0.4, 0.5) is 0 Å². The monoisotopic (exact) mass is 316 g/mol. The first-order chi connectivity index (χ1) is 9.39. The van der Waals surface area contributed by atoms with Gasteiger partial charge in [-0.2, -0.15) is 0 Å². The Labute approximate surface area is 130 Å². The van der Waals surface area contributed by atoms with Gasteiger partial charge in [0.05, 0.1) is 12.7 Å². The van der Waals surface area contributed by atoms with Crippen LogP contribution < -0.4 is 0 Å². The molecule has 0 bridgehead atoms. The second-order valence-electron chi connectivity index (χ2n) is 7.80. The summed E-state index contributed by atoms with van der Waals surface area (Å²) >= 11 is 0. The first-order valence-electron chi connectivity index (χ1n) is 7.68. The van der Waals surface area contributed by atoms with Crippen LogP contribution in [0.5, 0.6) is 0 Å².